The lowest BCUT2D eigenvalue weighted by molar-refractivity contribution is -0.139. The van der Waals surface area contributed by atoms with Crippen LogP contribution in [0.1, 0.15) is 90.2 Å². The summed E-state index contributed by atoms with van der Waals surface area (Å²) in [6.07, 6.45) is 3.30. The lowest BCUT2D eigenvalue weighted by Gasteiger charge is -2.29. The van der Waals surface area contributed by atoms with Gasteiger partial charge in [0.2, 0.25) is 53.2 Å². The van der Waals surface area contributed by atoms with Gasteiger partial charge < -0.3 is 75.6 Å². The second-order valence-corrected chi connectivity index (χ2v) is 21.0. The van der Waals surface area contributed by atoms with E-state index in [-0.39, 0.29) is 50.7 Å². The second-order valence-electron chi connectivity index (χ2n) is 21.0. The number of rotatable bonds is 31. The molecule has 4 aromatic rings. The lowest BCUT2D eigenvalue weighted by atomic mass is 9.95. The monoisotopic (exact) mass is 1120 g/mol. The molecular formula is C56H78N14O11. The van der Waals surface area contributed by atoms with Gasteiger partial charge in [-0.15, -0.1) is 0 Å². The number of benzene rings is 3. The van der Waals surface area contributed by atoms with Gasteiger partial charge >= 0.3 is 5.97 Å². The molecule has 0 radical (unpaired) electrons. The number of nitrogens with zero attached hydrogens (tertiary/aromatic N) is 1. The summed E-state index contributed by atoms with van der Waals surface area (Å²) in [5.74, 6) is -9.93. The third-order valence-electron chi connectivity index (χ3n) is 14.1. The summed E-state index contributed by atoms with van der Waals surface area (Å²) in [6, 6.07) is 10.9. The molecule has 1 aromatic heterocycles. The van der Waals surface area contributed by atoms with Crippen LogP contribution in [0.2, 0.25) is 0 Å². The van der Waals surface area contributed by atoms with Gasteiger partial charge in [0.05, 0.1) is 13.1 Å². The summed E-state index contributed by atoms with van der Waals surface area (Å²) in [5, 5.41) is 33.6. The molecule has 0 unspecified atom stereocenters. The number of guanidine groups is 1. The van der Waals surface area contributed by atoms with Crippen LogP contribution in [0.3, 0.4) is 0 Å². The van der Waals surface area contributed by atoms with Crippen LogP contribution >= 0.6 is 0 Å². The first-order valence-corrected chi connectivity index (χ1v) is 27.2. The van der Waals surface area contributed by atoms with Crippen molar-refractivity contribution in [2.24, 2.45) is 45.7 Å². The molecule has 9 amide bonds. The Bertz CT molecular complexity index is 2920. The van der Waals surface area contributed by atoms with E-state index >= 15 is 0 Å². The van der Waals surface area contributed by atoms with Crippen LogP contribution < -0.4 is 65.5 Å². The van der Waals surface area contributed by atoms with Crippen LogP contribution in [0.15, 0.2) is 77.9 Å². The number of aromatic nitrogens is 1. The topological polar surface area (TPSA) is 419 Å². The number of carbonyl (C=O) groups is 10. The maximum absolute atomic E-state index is 14.9. The fourth-order valence-corrected chi connectivity index (χ4v) is 9.70. The predicted molar refractivity (Wildman–Crippen MR) is 303 cm³/mol. The van der Waals surface area contributed by atoms with Crippen molar-refractivity contribution in [2.45, 2.75) is 134 Å². The average Bonchev–Trinajstić information content (AvgIpc) is 4.18. The Kier molecular flexibility index (Phi) is 23.9. The minimum absolute atomic E-state index is 0.0266. The number of primary amides is 1. The number of H-pyrrole nitrogens is 1. The number of fused-ring (bicyclic) bond motifs is 2. The molecule has 438 valence electrons. The molecule has 5 rings (SSSR count). The average molecular weight is 1120 g/mol. The van der Waals surface area contributed by atoms with Gasteiger partial charge in [0.25, 0.3) is 0 Å². The Morgan fingerprint density at radius 3 is 1.81 bits per heavy atom. The molecule has 0 spiro atoms. The first kappa shape index (κ1) is 63.2. The van der Waals surface area contributed by atoms with Crippen LogP contribution in [0.25, 0.3) is 21.7 Å². The maximum Gasteiger partial charge on any atom is 0.303 e. The first-order chi connectivity index (χ1) is 38.5. The molecule has 25 heteroatoms. The number of nitrogens with two attached hydrogens (primary N) is 4. The van der Waals surface area contributed by atoms with E-state index in [1.54, 1.807) is 58.2 Å². The van der Waals surface area contributed by atoms with E-state index < -0.39 is 133 Å². The highest BCUT2D eigenvalue weighted by Gasteiger charge is 2.38. The van der Waals surface area contributed by atoms with Crippen molar-refractivity contribution in [3.63, 3.8) is 0 Å². The van der Waals surface area contributed by atoms with Gasteiger partial charge in [-0.25, -0.2) is 0 Å². The molecule has 3 aromatic carbocycles. The molecule has 0 aliphatic heterocycles. The van der Waals surface area contributed by atoms with Crippen LogP contribution in [0, 0.1) is 17.8 Å². The number of carboxylic acid groups (broad SMARTS) is 1. The molecule has 0 bridgehead atoms. The minimum atomic E-state index is -1.61. The van der Waals surface area contributed by atoms with E-state index in [0.717, 1.165) is 23.6 Å². The third-order valence-corrected chi connectivity index (χ3v) is 14.1. The molecule has 18 N–H and O–H groups in total. The Morgan fingerprint density at radius 2 is 1.19 bits per heavy atom. The second kappa shape index (κ2) is 30.7. The SMILES string of the molecule is CC(C)[C@H](NC(=O)[C@H](CCC(=O)O)NC(=O)[C@H](Cc1c[nH]c2ccccc12)NC(=O)[C@H](CCCN=C(N)N)NC(=O)[C@@H](Cc1ccc2ccccc2c1)NC(=O)[C@@H](NC(=O)CN)C1CCCC1)C(=O)N[C@H](C(=O)NCC(N)=O)C(C)C. The summed E-state index contributed by atoms with van der Waals surface area (Å²) in [7, 11) is 0. The highest BCUT2D eigenvalue weighted by atomic mass is 16.4. The predicted octanol–water partition coefficient (Wildman–Crippen LogP) is -0.519. The molecule has 1 heterocycles. The number of carbonyl (C=O) groups excluding carboxylic acids is 9. The molecular weight excluding hydrogens is 1040 g/mol. The summed E-state index contributed by atoms with van der Waals surface area (Å²) in [5.41, 5.74) is 24.0. The van der Waals surface area contributed by atoms with Crippen molar-refractivity contribution in [2.75, 3.05) is 19.6 Å². The van der Waals surface area contributed by atoms with Gasteiger partial charge in [-0.1, -0.05) is 101 Å². The number of nitrogens with one attached hydrogen (secondary N) is 9. The number of carboxylic acids is 1. The van der Waals surface area contributed by atoms with E-state index in [1.165, 1.54) is 0 Å². The van der Waals surface area contributed by atoms with Gasteiger partial charge in [0.15, 0.2) is 5.96 Å². The Labute approximate surface area is 469 Å². The summed E-state index contributed by atoms with van der Waals surface area (Å²) >= 11 is 0. The third kappa shape index (κ3) is 19.3. The van der Waals surface area contributed by atoms with E-state index in [2.05, 4.69) is 52.5 Å². The first-order valence-electron chi connectivity index (χ1n) is 27.2. The summed E-state index contributed by atoms with van der Waals surface area (Å²) in [6.45, 7) is 5.69. The molecule has 25 nitrogen and oxygen atoms in total. The molecule has 1 fully saturated rings. The fraction of sp³-hybridized carbons (Fsp3) is 0.482. The number of aliphatic carboxylic acids is 1. The zero-order valence-electron chi connectivity index (χ0n) is 46.2. The van der Waals surface area contributed by atoms with Crippen molar-refractivity contribution in [3.05, 3.63) is 84.1 Å². The van der Waals surface area contributed by atoms with Crippen molar-refractivity contribution >= 4 is 86.8 Å². The van der Waals surface area contributed by atoms with Crippen molar-refractivity contribution in [3.8, 4) is 0 Å². The van der Waals surface area contributed by atoms with E-state index in [9.17, 15) is 53.1 Å². The molecule has 1 aliphatic rings. The van der Waals surface area contributed by atoms with Gasteiger partial charge in [0.1, 0.15) is 42.3 Å². The molecule has 1 aliphatic carbocycles. The Hall–Kier alpha value is -8.61. The van der Waals surface area contributed by atoms with E-state index in [1.807, 2.05) is 42.5 Å². The number of aromatic amines is 1. The largest absolute Gasteiger partial charge is 0.481 e. The van der Waals surface area contributed by atoms with Crippen molar-refractivity contribution in [1.29, 1.82) is 0 Å². The summed E-state index contributed by atoms with van der Waals surface area (Å²) in [4.78, 5) is 143. The van der Waals surface area contributed by atoms with E-state index in [4.69, 9.17) is 22.9 Å². The highest BCUT2D eigenvalue weighted by Crippen LogP contribution is 2.28. The molecule has 7 atom stereocenters. The molecule has 81 heavy (non-hydrogen) atoms. The van der Waals surface area contributed by atoms with Crippen molar-refractivity contribution in [1.82, 2.24) is 47.5 Å². The van der Waals surface area contributed by atoms with Crippen LogP contribution in [0.4, 0.5) is 0 Å². The van der Waals surface area contributed by atoms with E-state index in [0.29, 0.717) is 34.9 Å². The molecule has 1 saturated carbocycles. The zero-order chi connectivity index (χ0) is 59.3. The fourth-order valence-electron chi connectivity index (χ4n) is 9.70. The zero-order valence-corrected chi connectivity index (χ0v) is 46.2. The van der Waals surface area contributed by atoms with Crippen LogP contribution in [0.5, 0.6) is 0 Å². The maximum atomic E-state index is 14.9. The summed E-state index contributed by atoms with van der Waals surface area (Å²) < 4.78 is 0. The number of aliphatic imine (C=N–C) groups is 1. The van der Waals surface area contributed by atoms with Gasteiger partial charge in [0, 0.05) is 42.9 Å². The number of hydrogen-bond acceptors (Lipinski definition) is 12. The van der Waals surface area contributed by atoms with Crippen LogP contribution in [-0.2, 0) is 60.8 Å². The minimum Gasteiger partial charge on any atom is -0.481 e. The van der Waals surface area contributed by atoms with Gasteiger partial charge in [-0.05, 0) is 77.8 Å². The van der Waals surface area contributed by atoms with Gasteiger partial charge in [-0.2, -0.15) is 0 Å². The smallest absolute Gasteiger partial charge is 0.303 e. The number of para-hydroxylation sites is 1. The lowest BCUT2D eigenvalue weighted by Crippen LogP contribution is -2.61. The Balaban J connectivity index is 1.48. The normalized spacial score (nSPS) is 15.0. The Morgan fingerprint density at radius 1 is 0.630 bits per heavy atom. The number of amides is 9. The quantitative estimate of drug-likeness (QED) is 0.0171. The highest BCUT2D eigenvalue weighted by molar-refractivity contribution is 5.99. The molecule has 0 saturated heterocycles. The van der Waals surface area contributed by atoms with Crippen LogP contribution in [-0.4, -0.2) is 137 Å². The van der Waals surface area contributed by atoms with Gasteiger partial charge in [-0.3, -0.25) is 52.9 Å². The standard InChI is InChI=1S/C56H78N14O11/c1-30(2)46(53(79)63-29-43(58)71)70-54(80)47(31(3)4)69-50(76)40(21-22-45(73)74)65-52(78)42(26-36-28-62-38-17-10-9-16-37(36)38)66-49(75)39(18-11-23-61-56(59)60)64-51(77)41(25-32-19-20-33-12-5-8-15-35(33)24-32)67-55(81)48(68-44(72)27-57)34-13-6-7-14-34/h5,8-10,12,15-17,19-20,24,28,30-31,34,39-42,46-48,62H,6-7,11,13-14,18,21-23,25-27,29,57H2,1-4H3,(H2,58,71)(H,63,79)(H,64,77)(H,65,78)(H,66,75)(H,67,81)(H,68,72)(H,69,76)(H,70,80)(H,73,74)(H4,59,60,61)/t39-,40-,41+,42-,46-,47-,48-/m0/s1. The number of hydrogen-bond donors (Lipinski definition) is 14. The van der Waals surface area contributed by atoms with Crippen molar-refractivity contribution < 1.29 is 53.1 Å².